The predicted molar refractivity (Wildman–Crippen MR) is 83.3 cm³/mol. The Labute approximate surface area is 123 Å². The highest BCUT2D eigenvalue weighted by Gasteiger charge is 2.17. The SMILES string of the molecule is CNC(Cc1ccc(C)cc1Cl)c1sc(C)nc1C. The molecule has 1 aromatic heterocycles. The summed E-state index contributed by atoms with van der Waals surface area (Å²) in [6.07, 6.45) is 0.887. The average Bonchev–Trinajstić information content (AvgIpc) is 2.68. The first-order valence-electron chi connectivity index (χ1n) is 6.37. The molecule has 0 saturated heterocycles. The van der Waals surface area contributed by atoms with Gasteiger partial charge in [-0.05, 0) is 51.4 Å². The van der Waals surface area contributed by atoms with Crippen molar-refractivity contribution in [1.29, 1.82) is 0 Å². The lowest BCUT2D eigenvalue weighted by Crippen LogP contribution is -2.18. The molecule has 0 saturated carbocycles. The Morgan fingerprint density at radius 3 is 2.58 bits per heavy atom. The zero-order valence-electron chi connectivity index (χ0n) is 11.7. The van der Waals surface area contributed by atoms with E-state index in [1.807, 2.05) is 20.0 Å². The molecule has 0 amide bonds. The smallest absolute Gasteiger partial charge is 0.0900 e. The number of aromatic nitrogens is 1. The van der Waals surface area contributed by atoms with E-state index >= 15 is 0 Å². The van der Waals surface area contributed by atoms with Crippen LogP contribution in [0.2, 0.25) is 5.02 Å². The first-order chi connectivity index (χ1) is 9.01. The summed E-state index contributed by atoms with van der Waals surface area (Å²) < 4.78 is 0. The Morgan fingerprint density at radius 2 is 2.05 bits per heavy atom. The second-order valence-electron chi connectivity index (χ2n) is 4.82. The number of rotatable bonds is 4. The van der Waals surface area contributed by atoms with Gasteiger partial charge in [0.25, 0.3) is 0 Å². The highest BCUT2D eigenvalue weighted by atomic mass is 35.5. The maximum atomic E-state index is 6.32. The molecule has 0 aliphatic heterocycles. The predicted octanol–water partition coefficient (Wildman–Crippen LogP) is 4.22. The summed E-state index contributed by atoms with van der Waals surface area (Å²) in [6, 6.07) is 6.52. The van der Waals surface area contributed by atoms with E-state index in [-0.39, 0.29) is 6.04 Å². The third-order valence-corrected chi connectivity index (χ3v) is 4.78. The second-order valence-corrected chi connectivity index (χ2v) is 6.46. The zero-order valence-corrected chi connectivity index (χ0v) is 13.3. The highest BCUT2D eigenvalue weighted by Crippen LogP contribution is 2.29. The van der Waals surface area contributed by atoms with Crippen LogP contribution in [-0.4, -0.2) is 12.0 Å². The molecule has 1 heterocycles. The minimum absolute atomic E-state index is 0.270. The van der Waals surface area contributed by atoms with Crippen LogP contribution in [0, 0.1) is 20.8 Å². The summed E-state index contributed by atoms with van der Waals surface area (Å²) in [5.74, 6) is 0. The molecular formula is C15H19ClN2S. The maximum Gasteiger partial charge on any atom is 0.0900 e. The number of likely N-dealkylation sites (N-methyl/N-ethyl adjacent to an activating group) is 1. The first kappa shape index (κ1) is 14.5. The molecule has 0 aliphatic carbocycles. The summed E-state index contributed by atoms with van der Waals surface area (Å²) in [5.41, 5.74) is 3.49. The van der Waals surface area contributed by atoms with Gasteiger partial charge in [-0.1, -0.05) is 23.7 Å². The molecule has 0 radical (unpaired) electrons. The molecule has 19 heavy (non-hydrogen) atoms. The van der Waals surface area contributed by atoms with Gasteiger partial charge in [-0.3, -0.25) is 0 Å². The summed E-state index contributed by atoms with van der Waals surface area (Å²) in [6.45, 7) is 6.18. The molecule has 2 rings (SSSR count). The Kier molecular flexibility index (Phi) is 4.61. The van der Waals surface area contributed by atoms with E-state index in [0.717, 1.165) is 22.1 Å². The lowest BCUT2D eigenvalue weighted by atomic mass is 10.0. The quantitative estimate of drug-likeness (QED) is 0.913. The standard InChI is InChI=1S/C15H19ClN2S/c1-9-5-6-12(13(16)7-9)8-14(17-4)15-10(2)18-11(3)19-15/h5-7,14,17H,8H2,1-4H3. The van der Waals surface area contributed by atoms with Crippen LogP contribution in [0.25, 0.3) is 0 Å². The number of halogens is 1. The van der Waals surface area contributed by atoms with Crippen molar-refractivity contribution in [2.75, 3.05) is 7.05 Å². The molecule has 1 atom stereocenters. The minimum Gasteiger partial charge on any atom is -0.312 e. The van der Waals surface area contributed by atoms with Gasteiger partial charge in [-0.15, -0.1) is 11.3 Å². The molecule has 0 spiro atoms. The summed E-state index contributed by atoms with van der Waals surface area (Å²) in [4.78, 5) is 5.81. The van der Waals surface area contributed by atoms with Crippen molar-refractivity contribution in [3.8, 4) is 0 Å². The molecule has 102 valence electrons. The van der Waals surface area contributed by atoms with E-state index in [0.29, 0.717) is 0 Å². The van der Waals surface area contributed by atoms with Crippen LogP contribution in [-0.2, 0) is 6.42 Å². The van der Waals surface area contributed by atoms with Crippen molar-refractivity contribution in [2.45, 2.75) is 33.2 Å². The molecule has 1 unspecified atom stereocenters. The number of benzene rings is 1. The average molecular weight is 295 g/mol. The molecule has 1 N–H and O–H groups in total. The van der Waals surface area contributed by atoms with Crippen molar-refractivity contribution < 1.29 is 0 Å². The maximum absolute atomic E-state index is 6.32. The molecule has 4 heteroatoms. The molecule has 2 aromatic rings. The minimum atomic E-state index is 0.270. The van der Waals surface area contributed by atoms with Gasteiger partial charge in [0.2, 0.25) is 0 Å². The largest absolute Gasteiger partial charge is 0.312 e. The summed E-state index contributed by atoms with van der Waals surface area (Å²) >= 11 is 8.08. The normalized spacial score (nSPS) is 12.7. The van der Waals surface area contributed by atoms with Crippen LogP contribution in [0.15, 0.2) is 18.2 Å². The molecule has 1 aromatic carbocycles. The second kappa shape index (κ2) is 6.04. The van der Waals surface area contributed by atoms with Crippen molar-refractivity contribution in [1.82, 2.24) is 10.3 Å². The first-order valence-corrected chi connectivity index (χ1v) is 7.57. The molecular weight excluding hydrogens is 276 g/mol. The highest BCUT2D eigenvalue weighted by molar-refractivity contribution is 7.11. The molecule has 0 aliphatic rings. The number of aryl methyl sites for hydroxylation is 3. The fourth-order valence-electron chi connectivity index (χ4n) is 2.23. The lowest BCUT2D eigenvalue weighted by Gasteiger charge is -2.16. The van der Waals surface area contributed by atoms with Crippen LogP contribution in [0.5, 0.6) is 0 Å². The van der Waals surface area contributed by atoms with Gasteiger partial charge < -0.3 is 5.32 Å². The fraction of sp³-hybridized carbons (Fsp3) is 0.400. The number of hydrogen-bond acceptors (Lipinski definition) is 3. The van der Waals surface area contributed by atoms with Crippen LogP contribution >= 0.6 is 22.9 Å². The van der Waals surface area contributed by atoms with E-state index < -0.39 is 0 Å². The van der Waals surface area contributed by atoms with Gasteiger partial charge >= 0.3 is 0 Å². The summed E-state index contributed by atoms with van der Waals surface area (Å²) in [5, 5.41) is 5.33. The Morgan fingerprint density at radius 1 is 1.32 bits per heavy atom. The Bertz CT molecular complexity index is 578. The van der Waals surface area contributed by atoms with Crippen LogP contribution in [0.4, 0.5) is 0 Å². The van der Waals surface area contributed by atoms with Gasteiger partial charge in [0, 0.05) is 15.9 Å². The zero-order chi connectivity index (χ0) is 14.0. The van der Waals surface area contributed by atoms with Crippen molar-refractivity contribution in [3.05, 3.63) is 49.9 Å². The van der Waals surface area contributed by atoms with E-state index in [9.17, 15) is 0 Å². The lowest BCUT2D eigenvalue weighted by molar-refractivity contribution is 0.598. The van der Waals surface area contributed by atoms with Gasteiger partial charge in [0.05, 0.1) is 10.7 Å². The molecule has 2 nitrogen and oxygen atoms in total. The van der Waals surface area contributed by atoms with E-state index in [1.165, 1.54) is 16.0 Å². The molecule has 0 bridgehead atoms. The topological polar surface area (TPSA) is 24.9 Å². The van der Waals surface area contributed by atoms with Gasteiger partial charge in [-0.25, -0.2) is 4.98 Å². The Balaban J connectivity index is 2.26. The fourth-order valence-corrected chi connectivity index (χ4v) is 3.58. The number of thiazole rings is 1. The van der Waals surface area contributed by atoms with Crippen LogP contribution < -0.4 is 5.32 Å². The van der Waals surface area contributed by atoms with Crippen molar-refractivity contribution in [2.24, 2.45) is 0 Å². The number of nitrogens with one attached hydrogen (secondary N) is 1. The summed E-state index contributed by atoms with van der Waals surface area (Å²) in [7, 11) is 1.99. The Hall–Kier alpha value is -0.900. The van der Waals surface area contributed by atoms with Gasteiger partial charge in [0.15, 0.2) is 0 Å². The van der Waals surface area contributed by atoms with E-state index in [4.69, 9.17) is 11.6 Å². The molecule has 0 fully saturated rings. The van der Waals surface area contributed by atoms with E-state index in [2.05, 4.69) is 36.3 Å². The third-order valence-electron chi connectivity index (χ3n) is 3.24. The third kappa shape index (κ3) is 3.35. The number of nitrogens with zero attached hydrogens (tertiary/aromatic N) is 1. The monoisotopic (exact) mass is 294 g/mol. The van der Waals surface area contributed by atoms with Crippen LogP contribution in [0.3, 0.4) is 0 Å². The van der Waals surface area contributed by atoms with Gasteiger partial charge in [0.1, 0.15) is 0 Å². The number of hydrogen-bond donors (Lipinski definition) is 1. The van der Waals surface area contributed by atoms with Gasteiger partial charge in [-0.2, -0.15) is 0 Å². The van der Waals surface area contributed by atoms with E-state index in [1.54, 1.807) is 11.3 Å². The van der Waals surface area contributed by atoms with Crippen LogP contribution in [0.1, 0.15) is 32.7 Å². The van der Waals surface area contributed by atoms with Crippen molar-refractivity contribution >= 4 is 22.9 Å². The van der Waals surface area contributed by atoms with Crippen molar-refractivity contribution in [3.63, 3.8) is 0 Å².